The molecule has 25 heavy (non-hydrogen) atoms. The molecule has 1 aromatic heterocycles. The maximum absolute atomic E-state index is 12.8. The number of fused-ring (bicyclic) bond motifs is 2. The lowest BCUT2D eigenvalue weighted by Gasteiger charge is -2.26. The second-order valence-electron chi connectivity index (χ2n) is 7.28. The minimum atomic E-state index is -0.224. The van der Waals surface area contributed by atoms with Gasteiger partial charge >= 0.3 is 0 Å². The van der Waals surface area contributed by atoms with Crippen LogP contribution in [0.25, 0.3) is 0 Å². The van der Waals surface area contributed by atoms with Crippen LogP contribution < -0.4 is 10.9 Å². The summed E-state index contributed by atoms with van der Waals surface area (Å²) in [5, 5.41) is 3.10. The van der Waals surface area contributed by atoms with E-state index in [0.717, 1.165) is 56.2 Å². The zero-order valence-corrected chi connectivity index (χ0v) is 14.7. The predicted octanol–water partition coefficient (Wildman–Crippen LogP) is 2.55. The standard InChI is InChI=1S/C21H24N2O2/c1-23-19-9-5-4-8-16(19)13-18(21(23)25)20(24)22-17-11-10-14-6-2-3-7-15(14)12-17/h2-3,6-7,13,17H,4-5,8-12H2,1H3,(H,22,24)/t17-/m1/s1. The van der Waals surface area contributed by atoms with Crippen molar-refractivity contribution in [3.05, 3.63) is 68.6 Å². The number of aryl methyl sites for hydroxylation is 2. The van der Waals surface area contributed by atoms with E-state index in [2.05, 4.69) is 23.5 Å². The zero-order chi connectivity index (χ0) is 17.4. The average molecular weight is 336 g/mol. The third kappa shape index (κ3) is 3.01. The van der Waals surface area contributed by atoms with E-state index in [1.165, 1.54) is 11.1 Å². The summed E-state index contributed by atoms with van der Waals surface area (Å²) in [4.78, 5) is 25.4. The summed E-state index contributed by atoms with van der Waals surface area (Å²) in [6, 6.07) is 10.3. The molecule has 1 amide bonds. The first-order valence-electron chi connectivity index (χ1n) is 9.23. The lowest BCUT2D eigenvalue weighted by Crippen LogP contribution is -2.42. The topological polar surface area (TPSA) is 51.1 Å². The number of pyridine rings is 1. The molecule has 1 aromatic carbocycles. The van der Waals surface area contributed by atoms with Gasteiger partial charge in [-0.1, -0.05) is 24.3 Å². The Morgan fingerprint density at radius 3 is 2.68 bits per heavy atom. The van der Waals surface area contributed by atoms with Gasteiger partial charge in [-0.15, -0.1) is 0 Å². The summed E-state index contributed by atoms with van der Waals surface area (Å²) in [6.45, 7) is 0. The molecule has 2 aliphatic rings. The van der Waals surface area contributed by atoms with E-state index >= 15 is 0 Å². The van der Waals surface area contributed by atoms with E-state index in [4.69, 9.17) is 0 Å². The van der Waals surface area contributed by atoms with Crippen LogP contribution in [0.5, 0.6) is 0 Å². The maximum atomic E-state index is 12.8. The Morgan fingerprint density at radius 1 is 1.08 bits per heavy atom. The first-order valence-corrected chi connectivity index (χ1v) is 9.23. The molecule has 0 saturated carbocycles. The minimum absolute atomic E-state index is 0.100. The number of amides is 1. The van der Waals surface area contributed by atoms with E-state index < -0.39 is 0 Å². The number of aromatic nitrogens is 1. The first kappa shape index (κ1) is 16.1. The monoisotopic (exact) mass is 336 g/mol. The molecule has 0 aliphatic heterocycles. The fraction of sp³-hybridized carbons (Fsp3) is 0.429. The van der Waals surface area contributed by atoms with Gasteiger partial charge < -0.3 is 9.88 Å². The van der Waals surface area contributed by atoms with Crippen molar-refractivity contribution in [1.82, 2.24) is 9.88 Å². The Balaban J connectivity index is 1.56. The number of rotatable bonds is 2. The number of benzene rings is 1. The molecule has 0 saturated heterocycles. The predicted molar refractivity (Wildman–Crippen MR) is 98.0 cm³/mol. The van der Waals surface area contributed by atoms with Crippen LogP contribution in [0, 0.1) is 0 Å². The summed E-state index contributed by atoms with van der Waals surface area (Å²) in [5.74, 6) is -0.224. The fourth-order valence-corrected chi connectivity index (χ4v) is 4.24. The van der Waals surface area contributed by atoms with Gasteiger partial charge in [-0.3, -0.25) is 9.59 Å². The van der Waals surface area contributed by atoms with Crippen molar-refractivity contribution in [3.63, 3.8) is 0 Å². The van der Waals surface area contributed by atoms with Crippen molar-refractivity contribution in [3.8, 4) is 0 Å². The van der Waals surface area contributed by atoms with Gasteiger partial charge in [0.1, 0.15) is 5.56 Å². The van der Waals surface area contributed by atoms with Crippen LogP contribution in [-0.4, -0.2) is 16.5 Å². The van der Waals surface area contributed by atoms with Gasteiger partial charge in [-0.05, 0) is 67.7 Å². The molecule has 0 fully saturated rings. The summed E-state index contributed by atoms with van der Waals surface area (Å²) in [6.07, 6.45) is 6.88. The molecule has 1 N–H and O–H groups in total. The highest BCUT2D eigenvalue weighted by atomic mass is 16.2. The summed E-state index contributed by atoms with van der Waals surface area (Å²) in [5.41, 5.74) is 5.05. The van der Waals surface area contributed by atoms with Crippen molar-refractivity contribution < 1.29 is 4.79 Å². The molecule has 130 valence electrons. The van der Waals surface area contributed by atoms with Crippen molar-refractivity contribution >= 4 is 5.91 Å². The molecule has 0 radical (unpaired) electrons. The van der Waals surface area contributed by atoms with E-state index in [1.54, 1.807) is 11.6 Å². The Hall–Kier alpha value is -2.36. The molecule has 2 aromatic rings. The normalized spacial score (nSPS) is 19.0. The smallest absolute Gasteiger partial charge is 0.263 e. The number of carbonyl (C=O) groups is 1. The summed E-state index contributed by atoms with van der Waals surface area (Å²) in [7, 11) is 1.79. The molecule has 1 heterocycles. The van der Waals surface area contributed by atoms with E-state index in [1.807, 2.05) is 12.1 Å². The first-order chi connectivity index (χ1) is 12.1. The van der Waals surface area contributed by atoms with Gasteiger partial charge in [-0.2, -0.15) is 0 Å². The SMILES string of the molecule is Cn1c2c(cc(C(=O)N[C@@H]3CCc4ccccc4C3)c1=O)CCCC2. The average Bonchev–Trinajstić information content (AvgIpc) is 2.64. The summed E-state index contributed by atoms with van der Waals surface area (Å²) >= 11 is 0. The van der Waals surface area contributed by atoms with Crippen LogP contribution in [0.15, 0.2) is 35.1 Å². The van der Waals surface area contributed by atoms with E-state index in [0.29, 0.717) is 5.56 Å². The largest absolute Gasteiger partial charge is 0.349 e. The minimum Gasteiger partial charge on any atom is -0.349 e. The number of nitrogens with one attached hydrogen (secondary N) is 1. The van der Waals surface area contributed by atoms with Crippen LogP contribution >= 0.6 is 0 Å². The van der Waals surface area contributed by atoms with Gasteiger partial charge in [0, 0.05) is 18.8 Å². The number of hydrogen-bond donors (Lipinski definition) is 1. The quantitative estimate of drug-likeness (QED) is 0.916. The van der Waals surface area contributed by atoms with Crippen molar-refractivity contribution in [2.75, 3.05) is 0 Å². The van der Waals surface area contributed by atoms with Crippen LogP contribution in [0.4, 0.5) is 0 Å². The van der Waals surface area contributed by atoms with Crippen molar-refractivity contribution in [1.29, 1.82) is 0 Å². The van der Waals surface area contributed by atoms with Crippen molar-refractivity contribution in [2.24, 2.45) is 7.05 Å². The molecule has 0 unspecified atom stereocenters. The highest BCUT2D eigenvalue weighted by Gasteiger charge is 2.24. The molecule has 4 rings (SSSR count). The Bertz CT molecular complexity index is 882. The maximum Gasteiger partial charge on any atom is 0.263 e. The van der Waals surface area contributed by atoms with Crippen LogP contribution in [-0.2, 0) is 32.7 Å². The number of hydrogen-bond acceptors (Lipinski definition) is 2. The van der Waals surface area contributed by atoms with Crippen molar-refractivity contribution in [2.45, 2.75) is 51.0 Å². The van der Waals surface area contributed by atoms with Gasteiger partial charge in [0.25, 0.3) is 11.5 Å². The lowest BCUT2D eigenvalue weighted by atomic mass is 9.88. The lowest BCUT2D eigenvalue weighted by molar-refractivity contribution is 0.0931. The second-order valence-corrected chi connectivity index (χ2v) is 7.28. The molecular formula is C21H24N2O2. The molecule has 4 heteroatoms. The number of nitrogens with zero attached hydrogens (tertiary/aromatic N) is 1. The van der Waals surface area contributed by atoms with Gasteiger partial charge in [0.2, 0.25) is 0 Å². The van der Waals surface area contributed by atoms with Gasteiger partial charge in [0.15, 0.2) is 0 Å². The van der Waals surface area contributed by atoms with Crippen LogP contribution in [0.2, 0.25) is 0 Å². The molecule has 0 spiro atoms. The fourth-order valence-electron chi connectivity index (χ4n) is 4.24. The third-order valence-corrected chi connectivity index (χ3v) is 5.67. The highest BCUT2D eigenvalue weighted by Crippen LogP contribution is 2.22. The Morgan fingerprint density at radius 2 is 1.84 bits per heavy atom. The molecule has 4 nitrogen and oxygen atoms in total. The molecular weight excluding hydrogens is 312 g/mol. The molecule has 1 atom stereocenters. The highest BCUT2D eigenvalue weighted by molar-refractivity contribution is 5.94. The second kappa shape index (κ2) is 6.51. The van der Waals surface area contributed by atoms with Crippen LogP contribution in [0.3, 0.4) is 0 Å². The molecule has 0 bridgehead atoms. The van der Waals surface area contributed by atoms with Gasteiger partial charge in [-0.25, -0.2) is 0 Å². The molecule has 2 aliphatic carbocycles. The Labute approximate surface area is 147 Å². The zero-order valence-electron chi connectivity index (χ0n) is 14.7. The third-order valence-electron chi connectivity index (χ3n) is 5.67. The Kier molecular flexibility index (Phi) is 4.20. The van der Waals surface area contributed by atoms with E-state index in [9.17, 15) is 9.59 Å². The number of carbonyl (C=O) groups excluding carboxylic acids is 1. The van der Waals surface area contributed by atoms with E-state index in [-0.39, 0.29) is 17.5 Å². The summed E-state index contributed by atoms with van der Waals surface area (Å²) < 4.78 is 1.68. The van der Waals surface area contributed by atoms with Gasteiger partial charge in [0.05, 0.1) is 0 Å². The van der Waals surface area contributed by atoms with Crippen LogP contribution in [0.1, 0.15) is 52.0 Å².